The molecule has 1 unspecified atom stereocenters. The minimum atomic E-state index is -0.277. The van der Waals surface area contributed by atoms with Crippen molar-refractivity contribution in [3.63, 3.8) is 0 Å². The van der Waals surface area contributed by atoms with E-state index in [0.717, 1.165) is 51.9 Å². The fourth-order valence-electron chi connectivity index (χ4n) is 5.74. The number of amides is 1. The smallest absolute Gasteiger partial charge is 0.254 e. The highest BCUT2D eigenvalue weighted by Crippen LogP contribution is 2.46. The lowest BCUT2D eigenvalue weighted by molar-refractivity contribution is 0.0627. The van der Waals surface area contributed by atoms with Crippen molar-refractivity contribution >= 4 is 5.91 Å². The molecule has 2 aliphatic rings. The molecule has 0 bridgehead atoms. The molecule has 1 fully saturated rings. The van der Waals surface area contributed by atoms with Crippen molar-refractivity contribution in [1.82, 2.24) is 24.2 Å². The fraction of sp³-hybridized carbons (Fsp3) is 0.333. The highest BCUT2D eigenvalue weighted by Gasteiger charge is 2.41. The van der Waals surface area contributed by atoms with Gasteiger partial charge in [-0.05, 0) is 109 Å². The zero-order valence-corrected chi connectivity index (χ0v) is 21.9. The first-order valence-corrected chi connectivity index (χ1v) is 13.1. The van der Waals surface area contributed by atoms with Gasteiger partial charge in [-0.25, -0.2) is 9.07 Å². The number of nitrogens with one attached hydrogen (secondary N) is 1. The van der Waals surface area contributed by atoms with E-state index in [1.54, 1.807) is 24.0 Å². The number of carbonyl (C=O) groups excluding carboxylic acids is 1. The first-order valence-electron chi connectivity index (χ1n) is 13.1. The zero-order chi connectivity index (χ0) is 26.6. The lowest BCUT2D eigenvalue weighted by atomic mass is 9.86. The number of hydrogen-bond donors (Lipinski definition) is 1. The Morgan fingerprint density at radius 1 is 1.08 bits per heavy atom. The molecule has 1 aliphatic carbocycles. The van der Waals surface area contributed by atoms with E-state index in [-0.39, 0.29) is 23.4 Å². The standard InChI is InChI=1S/C30H31FN6O/c1-18-8-10-33-27(12-18)28(21-4-5-21)37-11-9-24-25(23-7-6-22(31)13-19(23)2)14-20(15-26(24)29(37)38)16-36-17-34-35(3)30(36)32/h6-8,10,12-15,17,21,28,32H,4-5,9,11,16H2,1-3H3. The topological polar surface area (TPSA) is 79.8 Å². The number of pyridine rings is 1. The number of benzene rings is 2. The van der Waals surface area contributed by atoms with Crippen LogP contribution in [0.15, 0.2) is 55.0 Å². The van der Waals surface area contributed by atoms with Crippen molar-refractivity contribution in [3.05, 3.63) is 99.9 Å². The summed E-state index contributed by atoms with van der Waals surface area (Å²) < 4.78 is 17.2. The summed E-state index contributed by atoms with van der Waals surface area (Å²) in [5.74, 6) is 0.159. The van der Waals surface area contributed by atoms with Gasteiger partial charge in [-0.1, -0.05) is 6.07 Å². The molecule has 8 heteroatoms. The average molecular weight is 511 g/mol. The molecular formula is C30H31FN6O. The molecule has 3 heterocycles. The lowest BCUT2D eigenvalue weighted by Gasteiger charge is -2.36. The second kappa shape index (κ2) is 9.35. The molecule has 0 saturated heterocycles. The van der Waals surface area contributed by atoms with E-state index in [9.17, 15) is 9.18 Å². The van der Waals surface area contributed by atoms with Gasteiger partial charge in [-0.15, -0.1) is 0 Å². The predicted octanol–water partition coefficient (Wildman–Crippen LogP) is 4.72. The highest BCUT2D eigenvalue weighted by atomic mass is 19.1. The van der Waals surface area contributed by atoms with E-state index in [1.165, 1.54) is 16.8 Å². The normalized spacial score (nSPS) is 16.0. The molecule has 38 heavy (non-hydrogen) atoms. The molecule has 2 aromatic carbocycles. The van der Waals surface area contributed by atoms with Crippen LogP contribution in [0, 0.1) is 31.0 Å². The Bertz CT molecular complexity index is 1620. The summed E-state index contributed by atoms with van der Waals surface area (Å²) in [4.78, 5) is 20.9. The van der Waals surface area contributed by atoms with Crippen LogP contribution >= 0.6 is 0 Å². The number of aryl methyl sites for hydroxylation is 3. The van der Waals surface area contributed by atoms with Crippen molar-refractivity contribution in [2.45, 2.75) is 45.7 Å². The number of aromatic nitrogens is 4. The van der Waals surface area contributed by atoms with Crippen LogP contribution < -0.4 is 5.62 Å². The Morgan fingerprint density at radius 3 is 2.55 bits per heavy atom. The van der Waals surface area contributed by atoms with Gasteiger partial charge < -0.3 is 4.90 Å². The second-order valence-electron chi connectivity index (χ2n) is 10.6. The Morgan fingerprint density at radius 2 is 1.87 bits per heavy atom. The second-order valence-corrected chi connectivity index (χ2v) is 10.6. The molecule has 194 valence electrons. The summed E-state index contributed by atoms with van der Waals surface area (Å²) in [6.45, 7) is 4.98. The van der Waals surface area contributed by atoms with Gasteiger partial charge in [0, 0.05) is 25.4 Å². The largest absolute Gasteiger partial charge is 0.329 e. The monoisotopic (exact) mass is 510 g/mol. The molecule has 1 atom stereocenters. The van der Waals surface area contributed by atoms with Crippen LogP contribution in [0.4, 0.5) is 4.39 Å². The number of hydrogen-bond acceptors (Lipinski definition) is 4. The Hall–Kier alpha value is -4.07. The summed E-state index contributed by atoms with van der Waals surface area (Å²) >= 11 is 0. The van der Waals surface area contributed by atoms with E-state index in [0.29, 0.717) is 31.0 Å². The summed E-state index contributed by atoms with van der Waals surface area (Å²) in [6, 6.07) is 12.9. The summed E-state index contributed by atoms with van der Waals surface area (Å²) in [5, 5.41) is 12.5. The Labute approximate surface area is 221 Å². The van der Waals surface area contributed by atoms with E-state index < -0.39 is 0 Å². The molecule has 0 radical (unpaired) electrons. The van der Waals surface area contributed by atoms with Crippen molar-refractivity contribution in [3.8, 4) is 11.1 Å². The molecule has 2 aromatic heterocycles. The van der Waals surface area contributed by atoms with Crippen LogP contribution in [0.2, 0.25) is 0 Å². The maximum absolute atomic E-state index is 14.2. The Balaban J connectivity index is 1.47. The third-order valence-corrected chi connectivity index (χ3v) is 7.82. The summed E-state index contributed by atoms with van der Waals surface area (Å²) in [5.41, 5.74) is 7.66. The van der Waals surface area contributed by atoms with Gasteiger partial charge in [0.15, 0.2) is 0 Å². The molecule has 7 nitrogen and oxygen atoms in total. The third kappa shape index (κ3) is 4.34. The Kier molecular flexibility index (Phi) is 5.97. The van der Waals surface area contributed by atoms with Gasteiger partial charge in [0.05, 0.1) is 18.3 Å². The predicted molar refractivity (Wildman–Crippen MR) is 142 cm³/mol. The minimum absolute atomic E-state index is 0.0107. The summed E-state index contributed by atoms with van der Waals surface area (Å²) in [7, 11) is 1.73. The first kappa shape index (κ1) is 24.3. The van der Waals surface area contributed by atoms with E-state index in [2.05, 4.69) is 29.1 Å². The van der Waals surface area contributed by atoms with Gasteiger partial charge in [0.1, 0.15) is 12.1 Å². The van der Waals surface area contributed by atoms with Crippen LogP contribution in [0.25, 0.3) is 11.1 Å². The molecule has 1 N–H and O–H groups in total. The third-order valence-electron chi connectivity index (χ3n) is 7.82. The molecule has 1 amide bonds. The van der Waals surface area contributed by atoms with Gasteiger partial charge in [-0.2, -0.15) is 5.10 Å². The molecular weight excluding hydrogens is 479 g/mol. The van der Waals surface area contributed by atoms with Crippen LogP contribution in [0.1, 0.15) is 57.2 Å². The minimum Gasteiger partial charge on any atom is -0.329 e. The fourth-order valence-corrected chi connectivity index (χ4v) is 5.74. The average Bonchev–Trinajstić information content (AvgIpc) is 3.67. The van der Waals surface area contributed by atoms with E-state index in [4.69, 9.17) is 5.41 Å². The first-order chi connectivity index (χ1) is 18.3. The van der Waals surface area contributed by atoms with E-state index >= 15 is 0 Å². The van der Waals surface area contributed by atoms with Crippen LogP contribution in [0.5, 0.6) is 0 Å². The quantitative estimate of drug-likeness (QED) is 0.408. The van der Waals surface area contributed by atoms with Crippen molar-refractivity contribution < 1.29 is 9.18 Å². The summed E-state index contributed by atoms with van der Waals surface area (Å²) in [6.07, 6.45) is 6.37. The number of nitrogens with zero attached hydrogens (tertiary/aromatic N) is 5. The van der Waals surface area contributed by atoms with Crippen LogP contribution in [-0.4, -0.2) is 36.7 Å². The number of carbonyl (C=O) groups is 1. The van der Waals surface area contributed by atoms with Crippen molar-refractivity contribution in [2.24, 2.45) is 13.0 Å². The molecule has 1 aliphatic heterocycles. The van der Waals surface area contributed by atoms with Crippen molar-refractivity contribution in [2.75, 3.05) is 6.54 Å². The molecule has 6 rings (SSSR count). The zero-order valence-electron chi connectivity index (χ0n) is 21.9. The van der Waals surface area contributed by atoms with E-state index in [1.807, 2.05) is 30.2 Å². The number of halogens is 1. The number of fused-ring (bicyclic) bond motifs is 1. The highest BCUT2D eigenvalue weighted by molar-refractivity contribution is 5.99. The van der Waals surface area contributed by atoms with Gasteiger partial charge >= 0.3 is 0 Å². The van der Waals surface area contributed by atoms with Crippen molar-refractivity contribution in [1.29, 1.82) is 5.41 Å². The number of rotatable bonds is 6. The van der Waals surface area contributed by atoms with Gasteiger partial charge in [0.25, 0.3) is 5.91 Å². The van der Waals surface area contributed by atoms with Crippen LogP contribution in [0.3, 0.4) is 0 Å². The maximum Gasteiger partial charge on any atom is 0.254 e. The maximum atomic E-state index is 14.2. The van der Waals surface area contributed by atoms with Crippen LogP contribution in [-0.2, 0) is 20.0 Å². The molecule has 4 aromatic rings. The van der Waals surface area contributed by atoms with Gasteiger partial charge in [0.2, 0.25) is 5.62 Å². The van der Waals surface area contributed by atoms with Gasteiger partial charge in [-0.3, -0.25) is 19.8 Å². The molecule has 0 spiro atoms. The molecule has 1 saturated carbocycles. The SMILES string of the molecule is Cc1ccnc(C(C2CC2)N2CCc3c(cc(Cn4cnn(C)c4=N)cc3-c3ccc(F)cc3C)C2=O)c1. The lowest BCUT2D eigenvalue weighted by Crippen LogP contribution is -2.42.